The SMILES string of the molecule is Cc1ccccc1-c1ccc(I)c(I)c1C. The Labute approximate surface area is 124 Å². The minimum Gasteiger partial charge on any atom is -0.0620 e. The molecule has 0 aliphatic carbocycles. The van der Waals surface area contributed by atoms with Crippen LogP contribution in [0.15, 0.2) is 36.4 Å². The van der Waals surface area contributed by atoms with Crippen molar-refractivity contribution in [3.63, 3.8) is 0 Å². The van der Waals surface area contributed by atoms with E-state index in [1.807, 2.05) is 0 Å². The fraction of sp³-hybridized carbons (Fsp3) is 0.143. The Bertz CT molecular complexity index is 530. The van der Waals surface area contributed by atoms with Gasteiger partial charge < -0.3 is 0 Å². The van der Waals surface area contributed by atoms with Gasteiger partial charge in [0.1, 0.15) is 0 Å². The van der Waals surface area contributed by atoms with Crippen molar-refractivity contribution >= 4 is 45.2 Å². The van der Waals surface area contributed by atoms with E-state index in [1.54, 1.807) is 0 Å². The molecule has 0 saturated heterocycles. The van der Waals surface area contributed by atoms with Crippen molar-refractivity contribution in [2.45, 2.75) is 13.8 Å². The van der Waals surface area contributed by atoms with E-state index in [9.17, 15) is 0 Å². The summed E-state index contributed by atoms with van der Waals surface area (Å²) in [5.74, 6) is 0. The van der Waals surface area contributed by atoms with Crippen molar-refractivity contribution in [3.05, 3.63) is 54.7 Å². The molecule has 0 N–H and O–H groups in total. The first-order valence-corrected chi connectivity index (χ1v) is 7.27. The summed E-state index contributed by atoms with van der Waals surface area (Å²) >= 11 is 4.81. The van der Waals surface area contributed by atoms with E-state index in [2.05, 4.69) is 95.4 Å². The van der Waals surface area contributed by atoms with Crippen LogP contribution in [0.3, 0.4) is 0 Å². The first-order chi connectivity index (χ1) is 7.61. The Morgan fingerprint density at radius 3 is 2.19 bits per heavy atom. The molecule has 0 aliphatic rings. The van der Waals surface area contributed by atoms with Crippen molar-refractivity contribution in [2.24, 2.45) is 0 Å². The summed E-state index contributed by atoms with van der Waals surface area (Å²) in [4.78, 5) is 0. The maximum Gasteiger partial charge on any atom is 0.0299 e. The summed E-state index contributed by atoms with van der Waals surface area (Å²) in [6, 6.07) is 13.0. The maximum atomic E-state index is 2.43. The topological polar surface area (TPSA) is 0 Å². The molecule has 16 heavy (non-hydrogen) atoms. The highest BCUT2D eigenvalue weighted by Crippen LogP contribution is 2.31. The van der Waals surface area contributed by atoms with Crippen LogP contribution in [-0.2, 0) is 0 Å². The van der Waals surface area contributed by atoms with E-state index in [4.69, 9.17) is 0 Å². The van der Waals surface area contributed by atoms with Gasteiger partial charge in [-0.1, -0.05) is 30.3 Å². The molecule has 0 aromatic heterocycles. The number of hydrogen-bond acceptors (Lipinski definition) is 0. The van der Waals surface area contributed by atoms with Gasteiger partial charge in [0, 0.05) is 7.14 Å². The first kappa shape index (κ1) is 12.4. The standard InChI is InChI=1S/C14H12I2/c1-9-5-3-4-6-11(9)12-7-8-13(15)14(16)10(12)2/h3-8H,1-2H3. The number of hydrogen-bond donors (Lipinski definition) is 0. The fourth-order valence-electron chi connectivity index (χ4n) is 1.82. The summed E-state index contributed by atoms with van der Waals surface area (Å²) in [6.45, 7) is 4.37. The molecule has 0 atom stereocenters. The van der Waals surface area contributed by atoms with Crippen molar-refractivity contribution in [2.75, 3.05) is 0 Å². The number of benzene rings is 2. The van der Waals surface area contributed by atoms with Crippen LogP contribution >= 0.6 is 45.2 Å². The lowest BCUT2D eigenvalue weighted by Gasteiger charge is -2.11. The molecule has 2 rings (SSSR count). The van der Waals surface area contributed by atoms with Gasteiger partial charge in [-0.15, -0.1) is 0 Å². The fourth-order valence-corrected chi connectivity index (χ4v) is 2.87. The summed E-state index contributed by atoms with van der Waals surface area (Å²) in [5, 5.41) is 0. The second kappa shape index (κ2) is 5.04. The Hall–Kier alpha value is -0.1000. The van der Waals surface area contributed by atoms with Crippen LogP contribution in [0, 0.1) is 21.0 Å². The third-order valence-electron chi connectivity index (χ3n) is 2.77. The van der Waals surface area contributed by atoms with Crippen LogP contribution in [-0.4, -0.2) is 0 Å². The third-order valence-corrected chi connectivity index (χ3v) is 6.10. The van der Waals surface area contributed by atoms with Crippen molar-refractivity contribution < 1.29 is 0 Å². The maximum absolute atomic E-state index is 2.43. The van der Waals surface area contributed by atoms with Crippen molar-refractivity contribution in [1.82, 2.24) is 0 Å². The van der Waals surface area contributed by atoms with Gasteiger partial charge >= 0.3 is 0 Å². The van der Waals surface area contributed by atoms with Gasteiger partial charge in [-0.25, -0.2) is 0 Å². The number of rotatable bonds is 1. The van der Waals surface area contributed by atoms with Gasteiger partial charge in [0.15, 0.2) is 0 Å². The zero-order valence-electron chi connectivity index (χ0n) is 9.22. The number of halogens is 2. The summed E-state index contributed by atoms with van der Waals surface area (Å²) < 4.78 is 2.69. The second-order valence-corrected chi connectivity index (χ2v) is 6.09. The molecule has 0 spiro atoms. The van der Waals surface area contributed by atoms with Gasteiger partial charge in [-0.05, 0) is 87.3 Å². The molecule has 0 saturated carbocycles. The van der Waals surface area contributed by atoms with Gasteiger partial charge in [-0.2, -0.15) is 0 Å². The summed E-state index contributed by atoms with van der Waals surface area (Å²) in [6.07, 6.45) is 0. The quantitative estimate of drug-likeness (QED) is 0.543. The van der Waals surface area contributed by atoms with Gasteiger partial charge in [-0.3, -0.25) is 0 Å². The monoisotopic (exact) mass is 434 g/mol. The average molecular weight is 434 g/mol. The van der Waals surface area contributed by atoms with Crippen LogP contribution in [0.2, 0.25) is 0 Å². The molecule has 2 aromatic rings. The molecular weight excluding hydrogens is 422 g/mol. The smallest absolute Gasteiger partial charge is 0.0299 e. The van der Waals surface area contributed by atoms with Crippen molar-refractivity contribution in [1.29, 1.82) is 0 Å². The van der Waals surface area contributed by atoms with E-state index >= 15 is 0 Å². The van der Waals surface area contributed by atoms with Crippen LogP contribution in [0.1, 0.15) is 11.1 Å². The molecule has 2 heteroatoms. The lowest BCUT2D eigenvalue weighted by atomic mass is 9.97. The molecular formula is C14H12I2. The van der Waals surface area contributed by atoms with Gasteiger partial charge in [0.2, 0.25) is 0 Å². The van der Waals surface area contributed by atoms with Crippen molar-refractivity contribution in [3.8, 4) is 11.1 Å². The van der Waals surface area contributed by atoms with Crippen LogP contribution in [0.4, 0.5) is 0 Å². The summed E-state index contributed by atoms with van der Waals surface area (Å²) in [7, 11) is 0. The molecule has 82 valence electrons. The molecule has 2 aromatic carbocycles. The molecule has 0 bridgehead atoms. The van der Waals surface area contributed by atoms with E-state index in [0.29, 0.717) is 0 Å². The van der Waals surface area contributed by atoms with E-state index < -0.39 is 0 Å². The molecule has 0 amide bonds. The third kappa shape index (κ3) is 2.27. The van der Waals surface area contributed by atoms with Crippen LogP contribution < -0.4 is 0 Å². The Morgan fingerprint density at radius 2 is 1.50 bits per heavy atom. The normalized spacial score (nSPS) is 10.5. The Kier molecular flexibility index (Phi) is 3.89. The lowest BCUT2D eigenvalue weighted by molar-refractivity contribution is 1.37. The molecule has 0 aliphatic heterocycles. The molecule has 0 heterocycles. The predicted octanol–water partition coefficient (Wildman–Crippen LogP) is 5.18. The van der Waals surface area contributed by atoms with E-state index in [1.165, 1.54) is 29.4 Å². The zero-order valence-corrected chi connectivity index (χ0v) is 13.5. The predicted molar refractivity (Wildman–Crippen MR) is 86.8 cm³/mol. The highest BCUT2D eigenvalue weighted by molar-refractivity contribution is 14.1. The number of aryl methyl sites for hydroxylation is 1. The second-order valence-electron chi connectivity index (χ2n) is 3.85. The molecule has 0 fully saturated rings. The Balaban J connectivity index is 2.66. The first-order valence-electron chi connectivity index (χ1n) is 5.12. The zero-order chi connectivity index (χ0) is 11.7. The van der Waals surface area contributed by atoms with Crippen LogP contribution in [0.25, 0.3) is 11.1 Å². The lowest BCUT2D eigenvalue weighted by Crippen LogP contribution is -1.92. The van der Waals surface area contributed by atoms with Gasteiger partial charge in [0.05, 0.1) is 0 Å². The van der Waals surface area contributed by atoms with E-state index in [0.717, 1.165) is 0 Å². The molecule has 0 nitrogen and oxygen atoms in total. The molecule has 0 radical (unpaired) electrons. The van der Waals surface area contributed by atoms with Gasteiger partial charge in [0.25, 0.3) is 0 Å². The molecule has 0 unspecified atom stereocenters. The Morgan fingerprint density at radius 1 is 0.812 bits per heavy atom. The largest absolute Gasteiger partial charge is 0.0620 e. The van der Waals surface area contributed by atoms with Crippen LogP contribution in [0.5, 0.6) is 0 Å². The summed E-state index contributed by atoms with van der Waals surface area (Å²) in [5.41, 5.74) is 5.40. The average Bonchev–Trinajstić information content (AvgIpc) is 2.28. The highest BCUT2D eigenvalue weighted by atomic mass is 127. The minimum atomic E-state index is 1.33. The highest BCUT2D eigenvalue weighted by Gasteiger charge is 2.08. The minimum absolute atomic E-state index is 1.33. The van der Waals surface area contributed by atoms with E-state index in [-0.39, 0.29) is 0 Å².